The van der Waals surface area contributed by atoms with E-state index in [1.807, 2.05) is 42.5 Å². The quantitative estimate of drug-likeness (QED) is 0.451. The predicted octanol–water partition coefficient (Wildman–Crippen LogP) is 5.05. The number of ether oxygens (including phenoxy) is 1. The van der Waals surface area contributed by atoms with Crippen LogP contribution in [0.15, 0.2) is 66.7 Å². The van der Waals surface area contributed by atoms with Crippen LogP contribution in [0.1, 0.15) is 28.8 Å². The maximum Gasteiger partial charge on any atom is 0.150 e. The minimum Gasteiger partial charge on any atom is -0.493 e. The van der Waals surface area contributed by atoms with E-state index < -0.39 is 0 Å². The number of carbonyl (C=O) groups is 1. The lowest BCUT2D eigenvalue weighted by molar-refractivity contribution is 0.112. The molecule has 0 unspecified atom stereocenters. The third-order valence-electron chi connectivity index (χ3n) is 3.94. The number of fused-ring (bicyclic) bond motifs is 1. The number of carbonyl (C=O) groups excluding carboxylic acids is 1. The molecular formula is C21H20O2. The van der Waals surface area contributed by atoms with E-state index in [1.165, 1.54) is 5.56 Å². The molecule has 0 aliphatic heterocycles. The van der Waals surface area contributed by atoms with E-state index in [2.05, 4.69) is 24.3 Å². The van der Waals surface area contributed by atoms with Gasteiger partial charge in [0.15, 0.2) is 0 Å². The average Bonchev–Trinajstić information content (AvgIpc) is 2.62. The second kappa shape index (κ2) is 7.59. The first-order valence-corrected chi connectivity index (χ1v) is 8.01. The summed E-state index contributed by atoms with van der Waals surface area (Å²) in [6.07, 6.45) is 4.03. The van der Waals surface area contributed by atoms with Gasteiger partial charge < -0.3 is 4.74 Å². The SMILES string of the molecule is O=Cc1cc(OCCCCc2ccccc2)c2ccccc2c1. The smallest absolute Gasteiger partial charge is 0.150 e. The topological polar surface area (TPSA) is 26.3 Å². The summed E-state index contributed by atoms with van der Waals surface area (Å²) in [6.45, 7) is 0.666. The Hall–Kier alpha value is -2.61. The number of rotatable bonds is 7. The third-order valence-corrected chi connectivity index (χ3v) is 3.94. The Bertz CT molecular complexity index is 778. The average molecular weight is 304 g/mol. The fraction of sp³-hybridized carbons (Fsp3) is 0.190. The normalized spacial score (nSPS) is 10.6. The van der Waals surface area contributed by atoms with Gasteiger partial charge in [-0.25, -0.2) is 0 Å². The number of aryl methyl sites for hydroxylation is 1. The van der Waals surface area contributed by atoms with Gasteiger partial charge in [0.1, 0.15) is 12.0 Å². The third kappa shape index (κ3) is 3.98. The summed E-state index contributed by atoms with van der Waals surface area (Å²) in [5, 5.41) is 2.09. The highest BCUT2D eigenvalue weighted by Crippen LogP contribution is 2.27. The molecule has 3 rings (SSSR count). The van der Waals surface area contributed by atoms with E-state index in [1.54, 1.807) is 0 Å². The molecule has 0 saturated heterocycles. The van der Waals surface area contributed by atoms with Crippen molar-refractivity contribution in [2.75, 3.05) is 6.61 Å². The number of unbranched alkanes of at least 4 members (excludes halogenated alkanes) is 1. The van der Waals surface area contributed by atoms with Gasteiger partial charge in [-0.1, -0.05) is 54.6 Å². The number of hydrogen-bond acceptors (Lipinski definition) is 2. The van der Waals surface area contributed by atoms with Crippen molar-refractivity contribution in [3.63, 3.8) is 0 Å². The summed E-state index contributed by atoms with van der Waals surface area (Å²) in [6, 6.07) is 22.2. The number of hydrogen-bond donors (Lipinski definition) is 0. The Labute approximate surface area is 136 Å². The molecule has 0 atom stereocenters. The van der Waals surface area contributed by atoms with E-state index in [0.29, 0.717) is 12.2 Å². The van der Waals surface area contributed by atoms with Crippen LogP contribution < -0.4 is 4.74 Å². The Morgan fingerprint density at radius 3 is 2.48 bits per heavy atom. The lowest BCUT2D eigenvalue weighted by Crippen LogP contribution is -1.99. The number of aldehydes is 1. The Morgan fingerprint density at radius 1 is 0.870 bits per heavy atom. The van der Waals surface area contributed by atoms with Gasteiger partial charge in [-0.05, 0) is 42.3 Å². The lowest BCUT2D eigenvalue weighted by atomic mass is 10.1. The standard InChI is InChI=1S/C21H20O2/c22-16-18-14-19-11-4-5-12-20(19)21(15-18)23-13-7-6-10-17-8-2-1-3-9-17/h1-5,8-9,11-12,14-16H,6-7,10,13H2. The van der Waals surface area contributed by atoms with Gasteiger partial charge >= 0.3 is 0 Å². The molecule has 0 saturated carbocycles. The van der Waals surface area contributed by atoms with Crippen LogP contribution in [0.3, 0.4) is 0 Å². The highest BCUT2D eigenvalue weighted by atomic mass is 16.5. The molecule has 0 N–H and O–H groups in total. The molecule has 0 bridgehead atoms. The first kappa shape index (κ1) is 15.3. The highest BCUT2D eigenvalue weighted by Gasteiger charge is 2.05. The molecule has 0 amide bonds. The van der Waals surface area contributed by atoms with Crippen LogP contribution in [0.5, 0.6) is 5.75 Å². The van der Waals surface area contributed by atoms with E-state index in [9.17, 15) is 4.79 Å². The van der Waals surface area contributed by atoms with Gasteiger partial charge in [0.25, 0.3) is 0 Å². The molecule has 116 valence electrons. The van der Waals surface area contributed by atoms with Crippen molar-refractivity contribution >= 4 is 17.1 Å². The first-order valence-electron chi connectivity index (χ1n) is 8.01. The fourth-order valence-corrected chi connectivity index (χ4v) is 2.74. The van der Waals surface area contributed by atoms with Crippen molar-refractivity contribution in [1.29, 1.82) is 0 Å². The minimum atomic E-state index is 0.656. The second-order valence-corrected chi connectivity index (χ2v) is 5.65. The van der Waals surface area contributed by atoms with Crippen molar-refractivity contribution in [1.82, 2.24) is 0 Å². The van der Waals surface area contributed by atoms with Gasteiger partial charge in [0.2, 0.25) is 0 Å². The van der Waals surface area contributed by atoms with E-state index in [-0.39, 0.29) is 0 Å². The Morgan fingerprint density at radius 2 is 1.65 bits per heavy atom. The fourth-order valence-electron chi connectivity index (χ4n) is 2.74. The van der Waals surface area contributed by atoms with Gasteiger partial charge in [-0.3, -0.25) is 4.79 Å². The Kier molecular flexibility index (Phi) is 5.05. The number of benzene rings is 3. The minimum absolute atomic E-state index is 0.656. The molecule has 2 heteroatoms. The summed E-state index contributed by atoms with van der Waals surface area (Å²) in [5.74, 6) is 0.796. The van der Waals surface area contributed by atoms with Crippen molar-refractivity contribution < 1.29 is 9.53 Å². The molecular weight excluding hydrogens is 284 g/mol. The zero-order valence-corrected chi connectivity index (χ0v) is 13.1. The van der Waals surface area contributed by atoms with Gasteiger partial charge in [0, 0.05) is 10.9 Å². The molecule has 0 fully saturated rings. The van der Waals surface area contributed by atoms with Gasteiger partial charge in [-0.2, -0.15) is 0 Å². The van der Waals surface area contributed by atoms with Gasteiger partial charge in [0.05, 0.1) is 6.61 Å². The Balaban J connectivity index is 1.59. The molecule has 0 aliphatic carbocycles. The second-order valence-electron chi connectivity index (χ2n) is 5.65. The summed E-state index contributed by atoms with van der Waals surface area (Å²) in [7, 11) is 0. The molecule has 0 spiro atoms. The van der Waals surface area contributed by atoms with Crippen LogP contribution in [-0.2, 0) is 6.42 Å². The zero-order valence-electron chi connectivity index (χ0n) is 13.1. The summed E-state index contributed by atoms with van der Waals surface area (Å²) >= 11 is 0. The largest absolute Gasteiger partial charge is 0.493 e. The molecule has 23 heavy (non-hydrogen) atoms. The molecule has 0 heterocycles. The van der Waals surface area contributed by atoms with Crippen LogP contribution in [0.25, 0.3) is 10.8 Å². The summed E-state index contributed by atoms with van der Waals surface area (Å²) in [5.41, 5.74) is 2.02. The van der Waals surface area contributed by atoms with E-state index in [4.69, 9.17) is 4.74 Å². The van der Waals surface area contributed by atoms with Crippen molar-refractivity contribution in [2.24, 2.45) is 0 Å². The van der Waals surface area contributed by atoms with Crippen molar-refractivity contribution in [3.8, 4) is 5.75 Å². The van der Waals surface area contributed by atoms with Crippen LogP contribution in [0, 0.1) is 0 Å². The van der Waals surface area contributed by atoms with E-state index in [0.717, 1.165) is 42.1 Å². The van der Waals surface area contributed by atoms with E-state index >= 15 is 0 Å². The maximum atomic E-state index is 11.1. The van der Waals surface area contributed by atoms with Crippen LogP contribution in [0.4, 0.5) is 0 Å². The lowest BCUT2D eigenvalue weighted by Gasteiger charge is -2.10. The molecule has 2 nitrogen and oxygen atoms in total. The molecule has 0 aliphatic rings. The predicted molar refractivity (Wildman–Crippen MR) is 94.2 cm³/mol. The van der Waals surface area contributed by atoms with Crippen LogP contribution in [0.2, 0.25) is 0 Å². The molecule has 3 aromatic rings. The zero-order chi connectivity index (χ0) is 15.9. The van der Waals surface area contributed by atoms with Crippen LogP contribution >= 0.6 is 0 Å². The monoisotopic (exact) mass is 304 g/mol. The molecule has 0 aromatic heterocycles. The van der Waals surface area contributed by atoms with Gasteiger partial charge in [-0.15, -0.1) is 0 Å². The van der Waals surface area contributed by atoms with Crippen molar-refractivity contribution in [2.45, 2.75) is 19.3 Å². The maximum absolute atomic E-state index is 11.1. The molecule has 3 aromatic carbocycles. The first-order chi connectivity index (χ1) is 11.4. The van der Waals surface area contributed by atoms with Crippen molar-refractivity contribution in [3.05, 3.63) is 77.9 Å². The summed E-state index contributed by atoms with van der Waals surface area (Å²) in [4.78, 5) is 11.1. The molecule has 0 radical (unpaired) electrons. The summed E-state index contributed by atoms with van der Waals surface area (Å²) < 4.78 is 5.94. The highest BCUT2D eigenvalue weighted by molar-refractivity contribution is 5.93. The van der Waals surface area contributed by atoms with Crippen LogP contribution in [-0.4, -0.2) is 12.9 Å².